The van der Waals surface area contributed by atoms with E-state index in [4.69, 9.17) is 14.2 Å². The van der Waals surface area contributed by atoms with Gasteiger partial charge in [-0.15, -0.1) is 0 Å². The first-order valence-electron chi connectivity index (χ1n) is 35.6. The second-order valence-electron chi connectivity index (χ2n) is 23.8. The molecule has 82 heavy (non-hydrogen) atoms. The van der Waals surface area contributed by atoms with Gasteiger partial charge < -0.3 is 14.2 Å². The number of carbonyl (C=O) groups is 3. The van der Waals surface area contributed by atoms with Crippen LogP contribution >= 0.6 is 0 Å². The van der Waals surface area contributed by atoms with E-state index in [0.717, 1.165) is 109 Å². The summed E-state index contributed by atoms with van der Waals surface area (Å²) in [5, 5.41) is 0. The maximum Gasteiger partial charge on any atom is 0.306 e. The minimum absolute atomic E-state index is 0.0834. The molecule has 0 aliphatic rings. The summed E-state index contributed by atoms with van der Waals surface area (Å²) >= 11 is 0. The normalized spacial score (nSPS) is 12.6. The van der Waals surface area contributed by atoms with Crippen LogP contribution in [-0.4, -0.2) is 37.2 Å². The number of rotatable bonds is 65. The first-order chi connectivity index (χ1) is 40.5. The molecule has 0 amide bonds. The van der Waals surface area contributed by atoms with Gasteiger partial charge in [-0.1, -0.05) is 331 Å². The predicted octanol–water partition coefficient (Wildman–Crippen LogP) is 24.6. The largest absolute Gasteiger partial charge is 0.462 e. The molecule has 0 radical (unpaired) electrons. The van der Waals surface area contributed by atoms with Crippen molar-refractivity contribution in [2.24, 2.45) is 0 Å². The van der Waals surface area contributed by atoms with Crippen molar-refractivity contribution in [3.63, 3.8) is 0 Å². The molecule has 0 N–H and O–H groups in total. The molecular formula is C76H134O6. The Balaban J connectivity index is 4.08. The van der Waals surface area contributed by atoms with Gasteiger partial charge in [-0.3, -0.25) is 14.4 Å². The minimum Gasteiger partial charge on any atom is -0.462 e. The zero-order valence-electron chi connectivity index (χ0n) is 54.5. The maximum absolute atomic E-state index is 12.9. The number of hydrogen-bond acceptors (Lipinski definition) is 6. The number of unbranched alkanes of at least 4 members (excludes halogenated alkanes) is 40. The summed E-state index contributed by atoms with van der Waals surface area (Å²) in [5.74, 6) is -0.898. The standard InChI is InChI=1S/C76H134O6/c1-4-7-10-13-16-19-21-23-25-27-29-31-33-34-35-36-37-38-39-40-41-42-44-45-47-49-51-53-55-57-60-63-66-69-75(78)81-72-73(71-80-74(77)68-65-62-59-18-15-12-9-6-3)82-76(79)70-67-64-61-58-56-54-52-50-48-46-43-32-30-28-26-24-22-20-17-14-11-8-5-2/h8,11,17,20,24,26-27,29-30,32,46,48,52,54,73H,4-7,9-10,12-16,18-19,21-23,25,28,31,33-45,47,49-51,53,55-72H2,1-3H3/b11-8-,20-17-,26-24-,29-27-,32-30-,48-46-,54-52-. The Morgan fingerprint density at radius 3 is 0.756 bits per heavy atom. The lowest BCUT2D eigenvalue weighted by atomic mass is 10.0. The predicted molar refractivity (Wildman–Crippen MR) is 358 cm³/mol. The summed E-state index contributed by atoms with van der Waals surface area (Å²) in [4.78, 5) is 38.2. The molecule has 0 aliphatic carbocycles. The monoisotopic (exact) mass is 1140 g/mol. The molecule has 6 nitrogen and oxygen atoms in total. The summed E-state index contributed by atoms with van der Waals surface area (Å²) in [6.07, 6.45) is 93.6. The average molecular weight is 1140 g/mol. The van der Waals surface area contributed by atoms with Crippen LogP contribution in [0.4, 0.5) is 0 Å². The molecule has 0 saturated carbocycles. The number of allylic oxidation sites excluding steroid dienone is 14. The zero-order valence-corrected chi connectivity index (χ0v) is 54.5. The van der Waals surface area contributed by atoms with Crippen molar-refractivity contribution < 1.29 is 28.6 Å². The third kappa shape index (κ3) is 67.4. The third-order valence-electron chi connectivity index (χ3n) is 15.6. The molecular weight excluding hydrogens is 1010 g/mol. The highest BCUT2D eigenvalue weighted by molar-refractivity contribution is 5.71. The fourth-order valence-corrected chi connectivity index (χ4v) is 10.3. The molecule has 0 fully saturated rings. The van der Waals surface area contributed by atoms with Crippen LogP contribution in [0.1, 0.15) is 361 Å². The highest BCUT2D eigenvalue weighted by Crippen LogP contribution is 2.18. The van der Waals surface area contributed by atoms with Crippen molar-refractivity contribution in [2.45, 2.75) is 367 Å². The Labute approximate surface area is 509 Å². The smallest absolute Gasteiger partial charge is 0.306 e. The van der Waals surface area contributed by atoms with Gasteiger partial charge in [0, 0.05) is 19.3 Å². The number of hydrogen-bond donors (Lipinski definition) is 0. The fraction of sp³-hybridized carbons (Fsp3) is 0.776. The summed E-state index contributed by atoms with van der Waals surface area (Å²) in [5.41, 5.74) is 0. The molecule has 0 aromatic rings. The number of ether oxygens (including phenoxy) is 3. The Kier molecular flexibility index (Phi) is 67.2. The fourth-order valence-electron chi connectivity index (χ4n) is 10.3. The average Bonchev–Trinajstić information content (AvgIpc) is 3.47. The number of esters is 3. The topological polar surface area (TPSA) is 78.9 Å². The van der Waals surface area contributed by atoms with Gasteiger partial charge in [0.1, 0.15) is 13.2 Å². The van der Waals surface area contributed by atoms with Crippen LogP contribution < -0.4 is 0 Å². The van der Waals surface area contributed by atoms with Crippen molar-refractivity contribution in [1.82, 2.24) is 0 Å². The molecule has 474 valence electrons. The second kappa shape index (κ2) is 70.1. The molecule has 0 bridgehead atoms. The Morgan fingerprint density at radius 2 is 0.476 bits per heavy atom. The Morgan fingerprint density at radius 1 is 0.256 bits per heavy atom. The van der Waals surface area contributed by atoms with Crippen molar-refractivity contribution in [2.75, 3.05) is 13.2 Å². The van der Waals surface area contributed by atoms with Gasteiger partial charge in [0.15, 0.2) is 6.10 Å². The second-order valence-corrected chi connectivity index (χ2v) is 23.8. The van der Waals surface area contributed by atoms with Gasteiger partial charge in [0.2, 0.25) is 0 Å². The molecule has 0 spiro atoms. The molecule has 0 aliphatic heterocycles. The van der Waals surface area contributed by atoms with Crippen LogP contribution in [0.25, 0.3) is 0 Å². The first kappa shape index (κ1) is 78.6. The lowest BCUT2D eigenvalue weighted by Gasteiger charge is -2.18. The quantitative estimate of drug-likeness (QED) is 0.0261. The van der Waals surface area contributed by atoms with Crippen molar-refractivity contribution >= 4 is 17.9 Å². The van der Waals surface area contributed by atoms with E-state index in [2.05, 4.69) is 106 Å². The Bertz CT molecular complexity index is 1550. The molecule has 1 atom stereocenters. The molecule has 0 aromatic carbocycles. The van der Waals surface area contributed by atoms with Crippen molar-refractivity contribution in [1.29, 1.82) is 0 Å². The van der Waals surface area contributed by atoms with Gasteiger partial charge in [-0.2, -0.15) is 0 Å². The SMILES string of the molecule is CC/C=C\C/C=C\C/C=C\C/C=C\C/C=C\C/C=C\CCCCCCC(=O)OC(COC(=O)CCCCCCCCCC)COC(=O)CCCCCCCCCCCCCCCCCCCCCCC/C=C\CCCCCCCCCC. The van der Waals surface area contributed by atoms with E-state index < -0.39 is 6.10 Å². The van der Waals surface area contributed by atoms with E-state index in [1.165, 1.54) is 212 Å². The van der Waals surface area contributed by atoms with E-state index in [-0.39, 0.29) is 31.1 Å². The summed E-state index contributed by atoms with van der Waals surface area (Å²) in [6, 6.07) is 0. The molecule has 0 aromatic heterocycles. The lowest BCUT2D eigenvalue weighted by molar-refractivity contribution is -0.167. The van der Waals surface area contributed by atoms with E-state index in [0.29, 0.717) is 19.3 Å². The molecule has 0 rings (SSSR count). The highest BCUT2D eigenvalue weighted by Gasteiger charge is 2.19. The van der Waals surface area contributed by atoms with Crippen LogP contribution in [0.15, 0.2) is 85.1 Å². The molecule has 1 unspecified atom stereocenters. The number of carbonyl (C=O) groups excluding carboxylic acids is 3. The van der Waals surface area contributed by atoms with Crippen molar-refractivity contribution in [3.05, 3.63) is 85.1 Å². The van der Waals surface area contributed by atoms with Crippen LogP contribution in [0.2, 0.25) is 0 Å². The van der Waals surface area contributed by atoms with Crippen LogP contribution in [0, 0.1) is 0 Å². The van der Waals surface area contributed by atoms with Crippen LogP contribution in [0.3, 0.4) is 0 Å². The van der Waals surface area contributed by atoms with Gasteiger partial charge in [-0.25, -0.2) is 0 Å². The third-order valence-corrected chi connectivity index (χ3v) is 15.6. The van der Waals surface area contributed by atoms with E-state index in [1.807, 2.05) is 0 Å². The maximum atomic E-state index is 12.9. The first-order valence-corrected chi connectivity index (χ1v) is 35.6. The van der Waals surface area contributed by atoms with Gasteiger partial charge >= 0.3 is 17.9 Å². The summed E-state index contributed by atoms with van der Waals surface area (Å²) < 4.78 is 16.9. The van der Waals surface area contributed by atoms with E-state index in [9.17, 15) is 14.4 Å². The Hall–Kier alpha value is -3.41. The van der Waals surface area contributed by atoms with Crippen molar-refractivity contribution in [3.8, 4) is 0 Å². The van der Waals surface area contributed by atoms with Crippen LogP contribution in [0.5, 0.6) is 0 Å². The molecule has 6 heteroatoms. The van der Waals surface area contributed by atoms with E-state index in [1.54, 1.807) is 0 Å². The molecule has 0 saturated heterocycles. The van der Waals surface area contributed by atoms with Crippen LogP contribution in [-0.2, 0) is 28.6 Å². The summed E-state index contributed by atoms with van der Waals surface area (Å²) in [7, 11) is 0. The van der Waals surface area contributed by atoms with Gasteiger partial charge in [-0.05, 0) is 96.3 Å². The summed E-state index contributed by atoms with van der Waals surface area (Å²) in [6.45, 7) is 6.52. The zero-order chi connectivity index (χ0) is 59.2. The highest BCUT2D eigenvalue weighted by atomic mass is 16.6. The van der Waals surface area contributed by atoms with Gasteiger partial charge in [0.25, 0.3) is 0 Å². The molecule has 0 heterocycles. The lowest BCUT2D eigenvalue weighted by Crippen LogP contribution is -2.30. The minimum atomic E-state index is -0.788. The van der Waals surface area contributed by atoms with E-state index >= 15 is 0 Å². The van der Waals surface area contributed by atoms with Gasteiger partial charge in [0.05, 0.1) is 0 Å².